The zero-order chi connectivity index (χ0) is 18.9. The van der Waals surface area contributed by atoms with E-state index in [0.717, 1.165) is 37.4 Å². The summed E-state index contributed by atoms with van der Waals surface area (Å²) in [6, 6.07) is 9.63. The Morgan fingerprint density at radius 1 is 1.19 bits per heavy atom. The van der Waals surface area contributed by atoms with Gasteiger partial charge in [-0.05, 0) is 30.7 Å². The molecule has 2 saturated heterocycles. The first-order valence-electron chi connectivity index (χ1n) is 9.18. The summed E-state index contributed by atoms with van der Waals surface area (Å²) in [6.07, 6.45) is 6.03. The molecule has 7 heteroatoms. The Kier molecular flexibility index (Phi) is 4.61. The lowest BCUT2D eigenvalue weighted by Gasteiger charge is -2.48. The molecule has 0 saturated carbocycles. The molecule has 2 amide bonds. The zero-order valence-corrected chi connectivity index (χ0v) is 15.4. The first-order chi connectivity index (χ1) is 13.1. The lowest BCUT2D eigenvalue weighted by molar-refractivity contribution is -0.142. The SMILES string of the molecule is CC(=O)N1CC(=O)N(c2cccnc2)C[C@]12CCN(Cc1ccccn1)C2. The van der Waals surface area contributed by atoms with Crippen LogP contribution in [0.25, 0.3) is 0 Å². The standard InChI is InChI=1S/C20H23N5O2/c1-16(26)25-13-19(27)24(18-6-4-8-21-11-18)15-20(25)7-10-23(14-20)12-17-5-2-3-9-22-17/h2-6,8-9,11H,7,10,12-15H2,1H3/t20-/m1/s1. The number of pyridine rings is 2. The van der Waals surface area contributed by atoms with E-state index in [1.54, 1.807) is 35.3 Å². The van der Waals surface area contributed by atoms with Gasteiger partial charge < -0.3 is 9.80 Å². The molecular weight excluding hydrogens is 342 g/mol. The van der Waals surface area contributed by atoms with Crippen molar-refractivity contribution in [2.24, 2.45) is 0 Å². The number of rotatable bonds is 3. The predicted octanol–water partition coefficient (Wildman–Crippen LogP) is 1.32. The zero-order valence-electron chi connectivity index (χ0n) is 15.4. The number of hydrogen-bond donors (Lipinski definition) is 0. The highest BCUT2D eigenvalue weighted by atomic mass is 16.2. The first kappa shape index (κ1) is 17.6. The Balaban J connectivity index is 1.58. The van der Waals surface area contributed by atoms with E-state index >= 15 is 0 Å². The number of carbonyl (C=O) groups excluding carboxylic acids is 2. The Labute approximate surface area is 158 Å². The summed E-state index contributed by atoms with van der Waals surface area (Å²) in [5, 5.41) is 0. The van der Waals surface area contributed by atoms with Crippen LogP contribution >= 0.6 is 0 Å². The van der Waals surface area contributed by atoms with Crippen LogP contribution in [-0.4, -0.2) is 63.3 Å². The minimum atomic E-state index is -0.371. The quantitative estimate of drug-likeness (QED) is 0.820. The van der Waals surface area contributed by atoms with Crippen molar-refractivity contribution in [2.45, 2.75) is 25.4 Å². The van der Waals surface area contributed by atoms with E-state index in [1.807, 2.05) is 30.3 Å². The molecule has 0 unspecified atom stereocenters. The third kappa shape index (κ3) is 3.42. The second-order valence-corrected chi connectivity index (χ2v) is 7.30. The van der Waals surface area contributed by atoms with E-state index in [9.17, 15) is 9.59 Å². The molecule has 2 aromatic rings. The van der Waals surface area contributed by atoms with Crippen LogP contribution in [0.15, 0.2) is 48.9 Å². The van der Waals surface area contributed by atoms with E-state index in [2.05, 4.69) is 14.9 Å². The number of piperazine rings is 1. The van der Waals surface area contributed by atoms with Crippen molar-refractivity contribution in [3.8, 4) is 0 Å². The van der Waals surface area contributed by atoms with Gasteiger partial charge in [0.05, 0.1) is 29.7 Å². The fourth-order valence-electron chi connectivity index (χ4n) is 4.20. The van der Waals surface area contributed by atoms with Crippen LogP contribution in [0.2, 0.25) is 0 Å². The second-order valence-electron chi connectivity index (χ2n) is 7.30. The largest absolute Gasteiger partial charge is 0.325 e. The molecule has 1 spiro atoms. The number of amides is 2. The summed E-state index contributed by atoms with van der Waals surface area (Å²) in [4.78, 5) is 39.4. The highest BCUT2D eigenvalue weighted by Crippen LogP contribution is 2.34. The number of hydrogen-bond acceptors (Lipinski definition) is 5. The van der Waals surface area contributed by atoms with Gasteiger partial charge in [0.25, 0.3) is 0 Å². The average Bonchev–Trinajstić information content (AvgIpc) is 3.07. The molecule has 7 nitrogen and oxygen atoms in total. The van der Waals surface area contributed by atoms with Gasteiger partial charge in [-0.25, -0.2) is 0 Å². The number of anilines is 1. The molecule has 2 aliphatic heterocycles. The van der Waals surface area contributed by atoms with Crippen LogP contribution in [0, 0.1) is 0 Å². The van der Waals surface area contributed by atoms with Gasteiger partial charge in [0.2, 0.25) is 11.8 Å². The smallest absolute Gasteiger partial charge is 0.246 e. The van der Waals surface area contributed by atoms with Gasteiger partial charge in [0, 0.05) is 39.0 Å². The minimum absolute atomic E-state index is 0.0473. The van der Waals surface area contributed by atoms with Crippen molar-refractivity contribution >= 4 is 17.5 Å². The maximum atomic E-state index is 12.7. The molecule has 4 heterocycles. The van der Waals surface area contributed by atoms with E-state index in [0.29, 0.717) is 6.54 Å². The number of aromatic nitrogens is 2. The molecule has 0 radical (unpaired) electrons. The molecule has 2 fully saturated rings. The van der Waals surface area contributed by atoms with Crippen LogP contribution in [0.4, 0.5) is 5.69 Å². The number of nitrogens with zero attached hydrogens (tertiary/aromatic N) is 5. The molecule has 4 rings (SSSR count). The predicted molar refractivity (Wildman–Crippen MR) is 101 cm³/mol. The van der Waals surface area contributed by atoms with Gasteiger partial charge in [0.15, 0.2) is 0 Å². The Bertz CT molecular complexity index is 829. The summed E-state index contributed by atoms with van der Waals surface area (Å²) in [6.45, 7) is 4.51. The molecule has 2 aliphatic rings. The fourth-order valence-corrected chi connectivity index (χ4v) is 4.20. The van der Waals surface area contributed by atoms with E-state index in [-0.39, 0.29) is 23.9 Å². The molecule has 2 aromatic heterocycles. The summed E-state index contributed by atoms with van der Waals surface area (Å²) in [7, 11) is 0. The van der Waals surface area contributed by atoms with Gasteiger partial charge in [-0.1, -0.05) is 6.07 Å². The third-order valence-corrected chi connectivity index (χ3v) is 5.48. The lowest BCUT2D eigenvalue weighted by atomic mass is 9.92. The van der Waals surface area contributed by atoms with Crippen LogP contribution in [-0.2, 0) is 16.1 Å². The maximum absolute atomic E-state index is 12.7. The molecule has 0 bridgehead atoms. The number of carbonyl (C=O) groups is 2. The lowest BCUT2D eigenvalue weighted by Crippen LogP contribution is -2.66. The summed E-state index contributed by atoms with van der Waals surface area (Å²) in [5.74, 6) is -0.110. The summed E-state index contributed by atoms with van der Waals surface area (Å²) < 4.78 is 0. The van der Waals surface area contributed by atoms with Gasteiger partial charge in [0.1, 0.15) is 6.54 Å². The van der Waals surface area contributed by atoms with Crippen molar-refractivity contribution in [3.63, 3.8) is 0 Å². The van der Waals surface area contributed by atoms with E-state index in [4.69, 9.17) is 0 Å². The molecule has 0 aromatic carbocycles. The number of likely N-dealkylation sites (tertiary alicyclic amines) is 1. The average molecular weight is 365 g/mol. The maximum Gasteiger partial charge on any atom is 0.246 e. The van der Waals surface area contributed by atoms with Crippen molar-refractivity contribution in [3.05, 3.63) is 54.6 Å². The highest BCUT2D eigenvalue weighted by Gasteiger charge is 2.50. The van der Waals surface area contributed by atoms with Crippen molar-refractivity contribution in [1.29, 1.82) is 0 Å². The third-order valence-electron chi connectivity index (χ3n) is 5.48. The van der Waals surface area contributed by atoms with Crippen LogP contribution in [0.3, 0.4) is 0 Å². The minimum Gasteiger partial charge on any atom is -0.325 e. The Morgan fingerprint density at radius 3 is 2.78 bits per heavy atom. The summed E-state index contributed by atoms with van der Waals surface area (Å²) in [5.41, 5.74) is 1.43. The van der Waals surface area contributed by atoms with Gasteiger partial charge in [-0.2, -0.15) is 0 Å². The normalized spacial score (nSPS) is 23.2. The van der Waals surface area contributed by atoms with Crippen molar-refractivity contribution < 1.29 is 9.59 Å². The molecule has 27 heavy (non-hydrogen) atoms. The van der Waals surface area contributed by atoms with Crippen LogP contribution < -0.4 is 4.90 Å². The molecule has 0 N–H and O–H groups in total. The monoisotopic (exact) mass is 365 g/mol. The van der Waals surface area contributed by atoms with Crippen molar-refractivity contribution in [1.82, 2.24) is 19.8 Å². The molecule has 1 atom stereocenters. The Morgan fingerprint density at radius 2 is 2.07 bits per heavy atom. The van der Waals surface area contributed by atoms with Gasteiger partial charge in [-0.15, -0.1) is 0 Å². The Hall–Kier alpha value is -2.80. The van der Waals surface area contributed by atoms with E-state index < -0.39 is 0 Å². The first-order valence-corrected chi connectivity index (χ1v) is 9.18. The summed E-state index contributed by atoms with van der Waals surface area (Å²) >= 11 is 0. The highest BCUT2D eigenvalue weighted by molar-refractivity contribution is 5.98. The van der Waals surface area contributed by atoms with Gasteiger partial charge in [-0.3, -0.25) is 24.5 Å². The molecule has 0 aliphatic carbocycles. The van der Waals surface area contributed by atoms with Gasteiger partial charge >= 0.3 is 0 Å². The van der Waals surface area contributed by atoms with E-state index in [1.165, 1.54) is 0 Å². The van der Waals surface area contributed by atoms with Crippen LogP contribution in [0.5, 0.6) is 0 Å². The fraction of sp³-hybridized carbons (Fsp3) is 0.400. The second kappa shape index (κ2) is 7.08. The van der Waals surface area contributed by atoms with Crippen molar-refractivity contribution in [2.75, 3.05) is 31.1 Å². The topological polar surface area (TPSA) is 69.6 Å². The van der Waals surface area contributed by atoms with Crippen LogP contribution in [0.1, 0.15) is 19.0 Å². The molecular formula is C20H23N5O2. The molecule has 140 valence electrons.